The van der Waals surface area contributed by atoms with Crippen LogP contribution in [0, 0.1) is 11.6 Å². The number of nitrogens with zero attached hydrogens (tertiary/aromatic N) is 4. The van der Waals surface area contributed by atoms with Crippen LogP contribution in [0.2, 0.25) is 0 Å². The second kappa shape index (κ2) is 8.58. The van der Waals surface area contributed by atoms with Gasteiger partial charge in [0, 0.05) is 46.9 Å². The molecule has 8 heteroatoms. The summed E-state index contributed by atoms with van der Waals surface area (Å²) in [5.74, 6) is -0.497. The summed E-state index contributed by atoms with van der Waals surface area (Å²) in [5.41, 5.74) is 3.40. The lowest BCUT2D eigenvalue weighted by molar-refractivity contribution is 0.399. The van der Waals surface area contributed by atoms with E-state index >= 15 is 0 Å². The number of methoxy groups -OCH3 is 1. The molecule has 0 unspecified atom stereocenters. The average Bonchev–Trinajstić information content (AvgIpc) is 2.86. The largest absolute Gasteiger partial charge is 0.481 e. The molecule has 0 amide bonds. The Balaban J connectivity index is 1.69. The van der Waals surface area contributed by atoms with Crippen molar-refractivity contribution in [1.29, 1.82) is 0 Å². The van der Waals surface area contributed by atoms with Gasteiger partial charge in [-0.2, -0.15) is 0 Å². The van der Waals surface area contributed by atoms with Crippen molar-refractivity contribution >= 4 is 22.4 Å². The number of benzene rings is 2. The Morgan fingerprint density at radius 3 is 2.52 bits per heavy atom. The van der Waals surface area contributed by atoms with Gasteiger partial charge < -0.3 is 10.1 Å². The molecule has 0 aliphatic carbocycles. The fourth-order valence-corrected chi connectivity index (χ4v) is 3.50. The third-order valence-corrected chi connectivity index (χ3v) is 5.07. The van der Waals surface area contributed by atoms with Gasteiger partial charge in [-0.05, 0) is 54.1 Å². The third kappa shape index (κ3) is 4.06. The predicted octanol–water partition coefficient (Wildman–Crippen LogP) is 5.78. The minimum atomic E-state index is -0.952. The molecule has 3 heterocycles. The van der Waals surface area contributed by atoms with Gasteiger partial charge in [0.1, 0.15) is 5.82 Å². The normalized spacial score (nSPS) is 10.9. The minimum absolute atomic E-state index is 0.357. The van der Waals surface area contributed by atoms with E-state index in [1.165, 1.54) is 6.07 Å². The van der Waals surface area contributed by atoms with Crippen LogP contribution in [-0.2, 0) is 0 Å². The summed E-state index contributed by atoms with van der Waals surface area (Å²) >= 11 is 0. The van der Waals surface area contributed by atoms with E-state index in [1.807, 2.05) is 36.4 Å². The van der Waals surface area contributed by atoms with E-state index in [2.05, 4.69) is 25.3 Å². The first-order valence-corrected chi connectivity index (χ1v) is 10.1. The minimum Gasteiger partial charge on any atom is -0.481 e. The lowest BCUT2D eigenvalue weighted by Gasteiger charge is -2.13. The summed E-state index contributed by atoms with van der Waals surface area (Å²) in [6, 6.07) is 16.7. The molecule has 0 bridgehead atoms. The summed E-state index contributed by atoms with van der Waals surface area (Å²) in [4.78, 5) is 17.8. The number of ether oxygens (including phenoxy) is 1. The molecule has 1 N–H and O–H groups in total. The standard InChI is InChI=1S/C25H17F2N5O/c1-33-25-18(5-3-11-29-25)15-6-9-22-19(12-15)24(30-17-7-8-20(26)21(27)13-17)32-23(31-22)16-4-2-10-28-14-16/h2-14H,1H3,(H,30,31,32). The molecule has 6 nitrogen and oxygen atoms in total. The van der Waals surface area contributed by atoms with Gasteiger partial charge in [0.25, 0.3) is 0 Å². The first kappa shape index (κ1) is 20.4. The van der Waals surface area contributed by atoms with Gasteiger partial charge in [0.2, 0.25) is 5.88 Å². The van der Waals surface area contributed by atoms with E-state index in [9.17, 15) is 8.78 Å². The Morgan fingerprint density at radius 1 is 0.848 bits per heavy atom. The SMILES string of the molecule is COc1ncccc1-c1ccc2nc(-c3cccnc3)nc(Nc3ccc(F)c(F)c3)c2c1. The van der Waals surface area contributed by atoms with E-state index in [0.29, 0.717) is 34.1 Å². The number of pyridine rings is 2. The molecular formula is C25H17F2N5O. The zero-order chi connectivity index (χ0) is 22.8. The van der Waals surface area contributed by atoms with Gasteiger partial charge >= 0.3 is 0 Å². The highest BCUT2D eigenvalue weighted by molar-refractivity contribution is 5.95. The van der Waals surface area contributed by atoms with Crippen molar-refractivity contribution in [2.24, 2.45) is 0 Å². The zero-order valence-corrected chi connectivity index (χ0v) is 17.5. The number of rotatable bonds is 5. The number of nitrogens with one attached hydrogen (secondary N) is 1. The Morgan fingerprint density at radius 2 is 1.73 bits per heavy atom. The van der Waals surface area contributed by atoms with E-state index < -0.39 is 11.6 Å². The topological polar surface area (TPSA) is 72.8 Å². The molecule has 0 aliphatic rings. The summed E-state index contributed by atoms with van der Waals surface area (Å²) in [7, 11) is 1.56. The van der Waals surface area contributed by atoms with Gasteiger partial charge in [0.05, 0.1) is 12.6 Å². The van der Waals surface area contributed by atoms with Gasteiger partial charge in [-0.1, -0.05) is 6.07 Å². The summed E-state index contributed by atoms with van der Waals surface area (Å²) < 4.78 is 32.7. The maximum Gasteiger partial charge on any atom is 0.221 e. The van der Waals surface area contributed by atoms with Gasteiger partial charge in [-0.25, -0.2) is 23.7 Å². The van der Waals surface area contributed by atoms with Crippen molar-refractivity contribution in [1.82, 2.24) is 19.9 Å². The Kier molecular flexibility index (Phi) is 5.32. The number of halogens is 2. The van der Waals surface area contributed by atoms with E-state index in [1.54, 1.807) is 31.8 Å². The fourth-order valence-electron chi connectivity index (χ4n) is 3.50. The molecule has 162 valence electrons. The summed E-state index contributed by atoms with van der Waals surface area (Å²) in [6.07, 6.45) is 4.98. The molecule has 5 rings (SSSR count). The summed E-state index contributed by atoms with van der Waals surface area (Å²) in [6.45, 7) is 0. The highest BCUT2D eigenvalue weighted by atomic mass is 19.2. The van der Waals surface area contributed by atoms with Crippen LogP contribution in [0.25, 0.3) is 33.4 Å². The van der Waals surface area contributed by atoms with Crippen molar-refractivity contribution in [3.8, 4) is 28.4 Å². The molecular weight excluding hydrogens is 424 g/mol. The molecule has 0 fully saturated rings. The van der Waals surface area contributed by atoms with Crippen LogP contribution in [0.15, 0.2) is 79.3 Å². The fraction of sp³-hybridized carbons (Fsp3) is 0.0400. The highest BCUT2D eigenvalue weighted by Gasteiger charge is 2.14. The lowest BCUT2D eigenvalue weighted by Crippen LogP contribution is -2.01. The second-order valence-corrected chi connectivity index (χ2v) is 7.18. The summed E-state index contributed by atoms with van der Waals surface area (Å²) in [5, 5.41) is 3.80. The lowest BCUT2D eigenvalue weighted by atomic mass is 10.0. The van der Waals surface area contributed by atoms with Crippen LogP contribution >= 0.6 is 0 Å². The Bertz CT molecular complexity index is 1460. The molecule has 33 heavy (non-hydrogen) atoms. The number of hydrogen-bond donors (Lipinski definition) is 1. The number of hydrogen-bond acceptors (Lipinski definition) is 6. The van der Waals surface area contributed by atoms with Crippen LogP contribution in [0.5, 0.6) is 5.88 Å². The zero-order valence-electron chi connectivity index (χ0n) is 17.5. The van der Waals surface area contributed by atoms with Crippen LogP contribution in [-0.4, -0.2) is 27.0 Å². The van der Waals surface area contributed by atoms with Gasteiger partial charge in [0.15, 0.2) is 17.5 Å². The average molecular weight is 441 g/mol. The van der Waals surface area contributed by atoms with Gasteiger partial charge in [-0.3, -0.25) is 4.98 Å². The maximum absolute atomic E-state index is 13.8. The number of aromatic nitrogens is 4. The highest BCUT2D eigenvalue weighted by Crippen LogP contribution is 2.34. The van der Waals surface area contributed by atoms with E-state index in [4.69, 9.17) is 4.74 Å². The number of fused-ring (bicyclic) bond motifs is 1. The molecule has 0 aliphatic heterocycles. The molecule has 0 atom stereocenters. The smallest absolute Gasteiger partial charge is 0.221 e. The molecule has 5 aromatic rings. The first-order chi connectivity index (χ1) is 16.1. The van der Waals surface area contributed by atoms with Crippen molar-refractivity contribution in [2.45, 2.75) is 0 Å². The van der Waals surface area contributed by atoms with Crippen molar-refractivity contribution in [2.75, 3.05) is 12.4 Å². The Hall–Kier alpha value is -4.46. The van der Waals surface area contributed by atoms with Crippen LogP contribution < -0.4 is 10.1 Å². The van der Waals surface area contributed by atoms with Crippen molar-refractivity contribution < 1.29 is 13.5 Å². The second-order valence-electron chi connectivity index (χ2n) is 7.18. The monoisotopic (exact) mass is 441 g/mol. The quantitative estimate of drug-likeness (QED) is 0.373. The van der Waals surface area contributed by atoms with Crippen molar-refractivity contribution in [3.05, 3.63) is 90.9 Å². The van der Waals surface area contributed by atoms with Crippen LogP contribution in [0.1, 0.15) is 0 Å². The molecule has 2 aromatic carbocycles. The first-order valence-electron chi connectivity index (χ1n) is 10.1. The molecule has 0 saturated heterocycles. The van der Waals surface area contributed by atoms with Crippen LogP contribution in [0.4, 0.5) is 20.3 Å². The van der Waals surface area contributed by atoms with E-state index in [0.717, 1.165) is 28.8 Å². The van der Waals surface area contributed by atoms with Gasteiger partial charge in [-0.15, -0.1) is 0 Å². The van der Waals surface area contributed by atoms with Crippen molar-refractivity contribution in [3.63, 3.8) is 0 Å². The molecule has 0 saturated carbocycles. The predicted molar refractivity (Wildman–Crippen MR) is 122 cm³/mol. The third-order valence-electron chi connectivity index (χ3n) is 5.07. The molecule has 3 aromatic heterocycles. The van der Waals surface area contributed by atoms with Crippen LogP contribution in [0.3, 0.4) is 0 Å². The van der Waals surface area contributed by atoms with E-state index in [-0.39, 0.29) is 0 Å². The maximum atomic E-state index is 13.8. The molecule has 0 radical (unpaired) electrons. The number of anilines is 2. The Labute approximate surface area is 188 Å². The molecule has 0 spiro atoms.